The number of carbonyl (C=O) groups excluding carboxylic acids is 1. The minimum absolute atomic E-state index is 0.0943. The fourth-order valence-electron chi connectivity index (χ4n) is 2.73. The van der Waals surface area contributed by atoms with Gasteiger partial charge in [-0.15, -0.1) is 0 Å². The van der Waals surface area contributed by atoms with Crippen LogP contribution in [0.3, 0.4) is 0 Å². The second kappa shape index (κ2) is 6.22. The Morgan fingerprint density at radius 2 is 2.19 bits per heavy atom. The van der Waals surface area contributed by atoms with Crippen molar-refractivity contribution in [1.82, 2.24) is 15.6 Å². The molecule has 0 bridgehead atoms. The summed E-state index contributed by atoms with van der Waals surface area (Å²) in [6.07, 6.45) is 2.63. The van der Waals surface area contributed by atoms with Gasteiger partial charge in [-0.2, -0.15) is 0 Å². The maximum Gasteiger partial charge on any atom is 0.223 e. The molecule has 1 unspecified atom stereocenters. The average molecular weight is 283 g/mol. The van der Waals surface area contributed by atoms with Gasteiger partial charge < -0.3 is 10.6 Å². The Kier molecular flexibility index (Phi) is 4.15. The van der Waals surface area contributed by atoms with Crippen molar-refractivity contribution in [3.05, 3.63) is 42.1 Å². The molecule has 0 saturated carbocycles. The summed E-state index contributed by atoms with van der Waals surface area (Å²) in [5.41, 5.74) is 2.22. The Labute approximate surface area is 125 Å². The molecule has 4 nitrogen and oxygen atoms in total. The van der Waals surface area contributed by atoms with E-state index < -0.39 is 0 Å². The number of nitrogens with zero attached hydrogens (tertiary/aromatic N) is 1. The normalized spacial score (nSPS) is 16.4. The maximum absolute atomic E-state index is 12.1. The molecule has 1 atom stereocenters. The van der Waals surface area contributed by atoms with Crippen LogP contribution >= 0.6 is 0 Å². The SMILES string of the molecule is CC(C(=O)NCCc1cccc2cccnc12)C1CNC1. The van der Waals surface area contributed by atoms with Crippen LogP contribution in [-0.4, -0.2) is 30.5 Å². The second-order valence-electron chi connectivity index (χ2n) is 5.74. The zero-order valence-corrected chi connectivity index (χ0v) is 12.3. The molecule has 3 rings (SSSR count). The lowest BCUT2D eigenvalue weighted by molar-refractivity contribution is -0.126. The summed E-state index contributed by atoms with van der Waals surface area (Å²) >= 11 is 0. The van der Waals surface area contributed by atoms with Crippen molar-refractivity contribution in [2.75, 3.05) is 19.6 Å². The van der Waals surface area contributed by atoms with Crippen LogP contribution in [-0.2, 0) is 11.2 Å². The highest BCUT2D eigenvalue weighted by Crippen LogP contribution is 2.17. The Hall–Kier alpha value is -1.94. The predicted octanol–water partition coefficient (Wildman–Crippen LogP) is 1.75. The van der Waals surface area contributed by atoms with E-state index >= 15 is 0 Å². The Balaban J connectivity index is 1.58. The zero-order valence-electron chi connectivity index (χ0n) is 12.3. The number of hydrogen-bond acceptors (Lipinski definition) is 3. The Morgan fingerprint density at radius 3 is 2.95 bits per heavy atom. The van der Waals surface area contributed by atoms with Crippen LogP contribution in [0.1, 0.15) is 12.5 Å². The van der Waals surface area contributed by atoms with Gasteiger partial charge in [0.15, 0.2) is 0 Å². The van der Waals surface area contributed by atoms with Gasteiger partial charge in [0.05, 0.1) is 5.52 Å². The van der Waals surface area contributed by atoms with Crippen molar-refractivity contribution >= 4 is 16.8 Å². The van der Waals surface area contributed by atoms with E-state index in [0.717, 1.165) is 30.4 Å². The number of hydrogen-bond donors (Lipinski definition) is 2. The van der Waals surface area contributed by atoms with E-state index in [1.807, 2.05) is 25.3 Å². The molecule has 1 saturated heterocycles. The van der Waals surface area contributed by atoms with Crippen LogP contribution in [0.15, 0.2) is 36.5 Å². The number of pyridine rings is 1. The molecule has 2 heterocycles. The van der Waals surface area contributed by atoms with Crippen LogP contribution in [0.2, 0.25) is 0 Å². The third kappa shape index (κ3) is 3.05. The molecule has 21 heavy (non-hydrogen) atoms. The van der Waals surface area contributed by atoms with E-state index in [-0.39, 0.29) is 11.8 Å². The molecule has 1 amide bonds. The molecule has 0 spiro atoms. The van der Waals surface area contributed by atoms with Crippen LogP contribution in [0, 0.1) is 11.8 Å². The van der Waals surface area contributed by atoms with Crippen LogP contribution in [0.5, 0.6) is 0 Å². The van der Waals surface area contributed by atoms with Crippen molar-refractivity contribution in [3.63, 3.8) is 0 Å². The molecule has 1 fully saturated rings. The molecular formula is C17H21N3O. The lowest BCUT2D eigenvalue weighted by Crippen LogP contribution is -2.49. The monoisotopic (exact) mass is 283 g/mol. The minimum Gasteiger partial charge on any atom is -0.356 e. The van der Waals surface area contributed by atoms with Crippen LogP contribution < -0.4 is 10.6 Å². The van der Waals surface area contributed by atoms with Crippen molar-refractivity contribution in [1.29, 1.82) is 0 Å². The van der Waals surface area contributed by atoms with Gasteiger partial charge in [-0.25, -0.2) is 0 Å². The first-order chi connectivity index (χ1) is 10.3. The summed E-state index contributed by atoms with van der Waals surface area (Å²) in [6, 6.07) is 10.2. The minimum atomic E-state index is 0.0943. The summed E-state index contributed by atoms with van der Waals surface area (Å²) in [4.78, 5) is 16.5. The third-order valence-electron chi connectivity index (χ3n) is 4.34. The molecule has 0 radical (unpaired) electrons. The molecule has 1 aromatic carbocycles. The number of para-hydroxylation sites is 1. The van der Waals surface area contributed by atoms with Gasteiger partial charge in [0.25, 0.3) is 0 Å². The fourth-order valence-corrected chi connectivity index (χ4v) is 2.73. The standard InChI is InChI=1S/C17H21N3O/c1-12(15-10-18-11-15)17(21)20-9-7-14-5-2-4-13-6-3-8-19-16(13)14/h2-6,8,12,15,18H,7,9-11H2,1H3,(H,20,21). The van der Waals surface area contributed by atoms with Gasteiger partial charge in [-0.3, -0.25) is 9.78 Å². The van der Waals surface area contributed by atoms with Crippen molar-refractivity contribution in [3.8, 4) is 0 Å². The summed E-state index contributed by atoms with van der Waals surface area (Å²) < 4.78 is 0. The maximum atomic E-state index is 12.1. The van der Waals surface area contributed by atoms with E-state index in [1.54, 1.807) is 0 Å². The second-order valence-corrected chi connectivity index (χ2v) is 5.74. The highest BCUT2D eigenvalue weighted by atomic mass is 16.1. The third-order valence-corrected chi connectivity index (χ3v) is 4.34. The van der Waals surface area contributed by atoms with Crippen LogP contribution in [0.25, 0.3) is 10.9 Å². The largest absolute Gasteiger partial charge is 0.356 e. The molecule has 0 aliphatic carbocycles. The highest BCUT2D eigenvalue weighted by Gasteiger charge is 2.28. The molecule has 110 valence electrons. The zero-order chi connectivity index (χ0) is 14.7. The molecule has 4 heteroatoms. The smallest absolute Gasteiger partial charge is 0.223 e. The summed E-state index contributed by atoms with van der Waals surface area (Å²) in [7, 11) is 0. The number of carbonyl (C=O) groups is 1. The van der Waals surface area contributed by atoms with Crippen molar-refractivity contribution in [2.45, 2.75) is 13.3 Å². The number of aromatic nitrogens is 1. The fraction of sp³-hybridized carbons (Fsp3) is 0.412. The number of amides is 1. The first kappa shape index (κ1) is 14.0. The molecule has 1 aliphatic rings. The van der Waals surface area contributed by atoms with Crippen molar-refractivity contribution < 1.29 is 4.79 Å². The van der Waals surface area contributed by atoms with E-state index in [0.29, 0.717) is 12.5 Å². The summed E-state index contributed by atoms with van der Waals surface area (Å²) in [6.45, 7) is 4.60. The van der Waals surface area contributed by atoms with E-state index in [1.165, 1.54) is 5.56 Å². The lowest BCUT2D eigenvalue weighted by Gasteiger charge is -2.31. The molecular weight excluding hydrogens is 262 g/mol. The summed E-state index contributed by atoms with van der Waals surface area (Å²) in [5, 5.41) is 7.41. The van der Waals surface area contributed by atoms with E-state index in [2.05, 4.69) is 33.8 Å². The van der Waals surface area contributed by atoms with Gasteiger partial charge in [0.1, 0.15) is 0 Å². The van der Waals surface area contributed by atoms with Gasteiger partial charge in [-0.05, 0) is 37.1 Å². The van der Waals surface area contributed by atoms with Crippen molar-refractivity contribution in [2.24, 2.45) is 11.8 Å². The Morgan fingerprint density at radius 1 is 1.38 bits per heavy atom. The summed E-state index contributed by atoms with van der Waals surface area (Å²) in [5.74, 6) is 0.746. The van der Waals surface area contributed by atoms with Gasteiger partial charge >= 0.3 is 0 Å². The highest BCUT2D eigenvalue weighted by molar-refractivity contribution is 5.82. The first-order valence-electron chi connectivity index (χ1n) is 7.57. The van der Waals surface area contributed by atoms with Gasteiger partial charge in [0.2, 0.25) is 5.91 Å². The number of nitrogens with one attached hydrogen (secondary N) is 2. The van der Waals surface area contributed by atoms with Gasteiger partial charge in [0, 0.05) is 24.0 Å². The first-order valence-corrected chi connectivity index (χ1v) is 7.57. The quantitative estimate of drug-likeness (QED) is 0.879. The molecule has 1 aliphatic heterocycles. The predicted molar refractivity (Wildman–Crippen MR) is 84.0 cm³/mol. The molecule has 2 N–H and O–H groups in total. The topological polar surface area (TPSA) is 54.0 Å². The molecule has 1 aromatic heterocycles. The lowest BCUT2D eigenvalue weighted by atomic mass is 9.88. The van der Waals surface area contributed by atoms with E-state index in [4.69, 9.17) is 0 Å². The number of rotatable bonds is 5. The van der Waals surface area contributed by atoms with Crippen LogP contribution in [0.4, 0.5) is 0 Å². The number of benzene rings is 1. The average Bonchev–Trinajstić information content (AvgIpc) is 2.45. The Bertz CT molecular complexity index is 631. The molecule has 2 aromatic rings. The van der Waals surface area contributed by atoms with Gasteiger partial charge in [-0.1, -0.05) is 31.2 Å². The van der Waals surface area contributed by atoms with E-state index in [9.17, 15) is 4.79 Å². The number of fused-ring (bicyclic) bond motifs is 1.